The van der Waals surface area contributed by atoms with E-state index >= 15 is 0 Å². The summed E-state index contributed by atoms with van der Waals surface area (Å²) in [6, 6.07) is 67.9. The van der Waals surface area contributed by atoms with Crippen molar-refractivity contribution in [3.63, 3.8) is 0 Å². The van der Waals surface area contributed by atoms with E-state index in [9.17, 15) is 5.26 Å². The van der Waals surface area contributed by atoms with Gasteiger partial charge in [-0.1, -0.05) is 133 Å². The van der Waals surface area contributed by atoms with E-state index in [4.69, 9.17) is 9.97 Å². The minimum absolute atomic E-state index is 0.440. The lowest BCUT2D eigenvalue weighted by atomic mass is 9.95. The van der Waals surface area contributed by atoms with Gasteiger partial charge in [0.15, 0.2) is 5.82 Å². The molecule has 0 saturated heterocycles. The van der Waals surface area contributed by atoms with Crippen molar-refractivity contribution in [2.45, 2.75) is 0 Å². The highest BCUT2D eigenvalue weighted by atomic mass is 15.0. The molecular formula is C51H31N5. The molecule has 0 bridgehead atoms. The number of hydrogen-bond donors (Lipinski definition) is 0. The molecule has 3 heterocycles. The zero-order valence-corrected chi connectivity index (χ0v) is 30.1. The van der Waals surface area contributed by atoms with Crippen molar-refractivity contribution < 1.29 is 0 Å². The average Bonchev–Trinajstić information content (AvgIpc) is 3.77. The molecule has 0 amide bonds. The lowest BCUT2D eigenvalue weighted by Gasteiger charge is -2.14. The second-order valence-corrected chi connectivity index (χ2v) is 14.1. The van der Waals surface area contributed by atoms with Crippen molar-refractivity contribution in [1.29, 1.82) is 5.26 Å². The molecule has 0 aliphatic rings. The molecule has 5 heteroatoms. The van der Waals surface area contributed by atoms with Gasteiger partial charge < -0.3 is 9.13 Å². The van der Waals surface area contributed by atoms with Gasteiger partial charge in [-0.3, -0.25) is 0 Å². The molecule has 56 heavy (non-hydrogen) atoms. The Bertz CT molecular complexity index is 3350. The maximum absolute atomic E-state index is 11.1. The van der Waals surface area contributed by atoms with Crippen LogP contribution in [0, 0.1) is 11.3 Å². The first-order valence-corrected chi connectivity index (χ1v) is 18.7. The second kappa shape index (κ2) is 12.7. The summed E-state index contributed by atoms with van der Waals surface area (Å²) in [5.74, 6) is 0.569. The first-order valence-electron chi connectivity index (χ1n) is 18.7. The van der Waals surface area contributed by atoms with Crippen LogP contribution in [0.4, 0.5) is 0 Å². The van der Waals surface area contributed by atoms with E-state index in [2.05, 4.69) is 155 Å². The summed E-state index contributed by atoms with van der Waals surface area (Å²) in [6.45, 7) is 0. The van der Waals surface area contributed by atoms with Gasteiger partial charge in [-0.15, -0.1) is 0 Å². The van der Waals surface area contributed by atoms with Crippen molar-refractivity contribution >= 4 is 54.4 Å². The van der Waals surface area contributed by atoms with Gasteiger partial charge in [-0.25, -0.2) is 9.97 Å². The third-order valence-corrected chi connectivity index (χ3v) is 10.9. The number of nitriles is 1. The van der Waals surface area contributed by atoms with Crippen LogP contribution in [0.3, 0.4) is 0 Å². The van der Waals surface area contributed by atoms with Crippen LogP contribution in [0.2, 0.25) is 0 Å². The molecule has 0 fully saturated rings. The van der Waals surface area contributed by atoms with Crippen LogP contribution in [-0.4, -0.2) is 19.1 Å². The van der Waals surface area contributed by atoms with E-state index in [-0.39, 0.29) is 0 Å². The van der Waals surface area contributed by atoms with E-state index in [1.54, 1.807) is 0 Å². The third-order valence-electron chi connectivity index (χ3n) is 10.9. The standard InChI is InChI=1S/C51H31N5/c52-32-43-49(36-28-27-33-15-10-11-18-35(33)29-36)53-51(34-16-4-1-5-17-34)54-50(43)40-24-14-26-45-48(40)42-30-41-39-23-12-13-25-44(39)55(37-19-6-2-7-20-37)46(41)31-47(42)56(45)38-21-8-3-9-22-38/h1-31H. The Hall–Kier alpha value is -7.81. The average molecular weight is 714 g/mol. The number of hydrogen-bond acceptors (Lipinski definition) is 3. The maximum Gasteiger partial charge on any atom is 0.160 e. The molecule has 0 aliphatic carbocycles. The van der Waals surface area contributed by atoms with Crippen molar-refractivity contribution in [3.8, 4) is 51.3 Å². The first kappa shape index (κ1) is 31.7. The van der Waals surface area contributed by atoms with E-state index in [1.807, 2.05) is 48.5 Å². The Balaban J connectivity index is 1.28. The predicted molar refractivity (Wildman–Crippen MR) is 229 cm³/mol. The highest BCUT2D eigenvalue weighted by Crippen LogP contribution is 2.44. The summed E-state index contributed by atoms with van der Waals surface area (Å²) in [5, 5.41) is 17.8. The number of para-hydroxylation sites is 3. The molecule has 0 spiro atoms. The van der Waals surface area contributed by atoms with Crippen LogP contribution in [0.15, 0.2) is 188 Å². The number of rotatable bonds is 5. The number of benzene rings is 8. The minimum atomic E-state index is 0.440. The molecule has 0 atom stereocenters. The van der Waals surface area contributed by atoms with Crippen molar-refractivity contribution in [3.05, 3.63) is 194 Å². The van der Waals surface area contributed by atoms with E-state index in [1.165, 1.54) is 5.39 Å². The third kappa shape index (κ3) is 4.87. The van der Waals surface area contributed by atoms with E-state index in [0.29, 0.717) is 22.8 Å². The maximum atomic E-state index is 11.1. The largest absolute Gasteiger partial charge is 0.309 e. The fraction of sp³-hybridized carbons (Fsp3) is 0. The van der Waals surface area contributed by atoms with Crippen LogP contribution in [0.5, 0.6) is 0 Å². The molecule has 11 rings (SSSR count). The zero-order valence-electron chi connectivity index (χ0n) is 30.1. The topological polar surface area (TPSA) is 59.4 Å². The van der Waals surface area contributed by atoms with E-state index in [0.717, 1.165) is 77.1 Å². The van der Waals surface area contributed by atoms with E-state index < -0.39 is 0 Å². The fourth-order valence-corrected chi connectivity index (χ4v) is 8.46. The second-order valence-electron chi connectivity index (χ2n) is 14.1. The molecule has 0 saturated carbocycles. The molecular weight excluding hydrogens is 683 g/mol. The van der Waals surface area contributed by atoms with Gasteiger partial charge in [0.25, 0.3) is 0 Å². The normalized spacial score (nSPS) is 11.6. The minimum Gasteiger partial charge on any atom is -0.309 e. The van der Waals surface area contributed by atoms with Gasteiger partial charge in [-0.05, 0) is 65.4 Å². The van der Waals surface area contributed by atoms with Crippen LogP contribution in [0.1, 0.15) is 5.56 Å². The Morgan fingerprint density at radius 3 is 1.77 bits per heavy atom. The summed E-state index contributed by atoms with van der Waals surface area (Å²) in [7, 11) is 0. The van der Waals surface area contributed by atoms with Crippen molar-refractivity contribution in [1.82, 2.24) is 19.1 Å². The van der Waals surface area contributed by atoms with Crippen LogP contribution in [-0.2, 0) is 0 Å². The van der Waals surface area contributed by atoms with Crippen LogP contribution < -0.4 is 0 Å². The summed E-state index contributed by atoms with van der Waals surface area (Å²) < 4.78 is 4.70. The van der Waals surface area contributed by atoms with Gasteiger partial charge >= 0.3 is 0 Å². The van der Waals surface area contributed by atoms with Crippen molar-refractivity contribution in [2.24, 2.45) is 0 Å². The predicted octanol–water partition coefficient (Wildman–Crippen LogP) is 12.7. The van der Waals surface area contributed by atoms with Crippen molar-refractivity contribution in [2.75, 3.05) is 0 Å². The van der Waals surface area contributed by atoms with Gasteiger partial charge in [0.05, 0.1) is 33.5 Å². The summed E-state index contributed by atoms with van der Waals surface area (Å²) in [5.41, 5.74) is 10.8. The molecule has 0 unspecified atom stereocenters. The molecule has 11 aromatic rings. The molecule has 0 aliphatic heterocycles. The van der Waals surface area contributed by atoms with Crippen LogP contribution >= 0.6 is 0 Å². The van der Waals surface area contributed by atoms with Gasteiger partial charge in [0.2, 0.25) is 0 Å². The molecule has 0 radical (unpaired) electrons. The molecule has 5 nitrogen and oxygen atoms in total. The number of aromatic nitrogens is 4. The summed E-state index contributed by atoms with van der Waals surface area (Å²) >= 11 is 0. The molecule has 8 aromatic carbocycles. The lowest BCUT2D eigenvalue weighted by Crippen LogP contribution is -2.01. The molecule has 260 valence electrons. The van der Waals surface area contributed by atoms with Gasteiger partial charge in [0.1, 0.15) is 11.6 Å². The molecule has 0 N–H and O–H groups in total. The highest BCUT2D eigenvalue weighted by Gasteiger charge is 2.24. The van der Waals surface area contributed by atoms with Gasteiger partial charge in [-0.2, -0.15) is 5.26 Å². The van der Waals surface area contributed by atoms with Gasteiger partial charge in [0, 0.05) is 49.6 Å². The number of nitrogens with zero attached hydrogens (tertiary/aromatic N) is 5. The Kier molecular flexibility index (Phi) is 7.16. The number of fused-ring (bicyclic) bond motifs is 7. The SMILES string of the molecule is N#Cc1c(-c2ccc3ccccc3c2)nc(-c2ccccc2)nc1-c1cccc2c1c1cc3c4ccccc4n(-c4ccccc4)c3cc1n2-c1ccccc1. The zero-order chi connectivity index (χ0) is 37.2. The van der Waals surface area contributed by atoms with Crippen LogP contribution in [0.25, 0.3) is 99.7 Å². The summed E-state index contributed by atoms with van der Waals surface area (Å²) in [4.78, 5) is 10.4. The Labute approximate surface area is 322 Å². The Morgan fingerprint density at radius 1 is 0.411 bits per heavy atom. The smallest absolute Gasteiger partial charge is 0.160 e. The monoisotopic (exact) mass is 713 g/mol. The molecule has 3 aromatic heterocycles. The lowest BCUT2D eigenvalue weighted by molar-refractivity contribution is 1.16. The highest BCUT2D eigenvalue weighted by molar-refractivity contribution is 6.22. The Morgan fingerprint density at radius 2 is 1.02 bits per heavy atom. The quantitative estimate of drug-likeness (QED) is 0.178. The summed E-state index contributed by atoms with van der Waals surface area (Å²) in [6.07, 6.45) is 0. The first-order chi connectivity index (χ1) is 27.7. The fourth-order valence-electron chi connectivity index (χ4n) is 8.46.